The van der Waals surface area contributed by atoms with Crippen LogP contribution in [0.15, 0.2) is 6.20 Å². The Hall–Kier alpha value is -0.890. The summed E-state index contributed by atoms with van der Waals surface area (Å²) in [6, 6.07) is 0.366. The molecule has 2 saturated heterocycles. The van der Waals surface area contributed by atoms with Crippen LogP contribution in [-0.2, 0) is 0 Å². The van der Waals surface area contributed by atoms with Crippen molar-refractivity contribution in [1.82, 2.24) is 30.5 Å². The van der Waals surface area contributed by atoms with Crippen LogP contribution in [-0.4, -0.2) is 65.1 Å². The number of aromatic nitrogens is 3. The van der Waals surface area contributed by atoms with E-state index in [9.17, 15) is 4.79 Å². The maximum Gasteiger partial charge on any atom is 0.273 e. The molecule has 2 aliphatic heterocycles. The first-order valence-electron chi connectivity index (χ1n) is 8.46. The molecule has 2 N–H and O–H groups in total. The van der Waals surface area contributed by atoms with E-state index in [0.717, 1.165) is 38.9 Å². The number of likely N-dealkylation sites (tertiary alicyclic amines) is 1. The highest BCUT2D eigenvalue weighted by Crippen LogP contribution is 2.16. The first-order chi connectivity index (χ1) is 10.8. The molecule has 0 radical (unpaired) electrons. The van der Waals surface area contributed by atoms with E-state index in [2.05, 4.69) is 25.8 Å². The van der Waals surface area contributed by atoms with Gasteiger partial charge in [0.25, 0.3) is 5.91 Å². The van der Waals surface area contributed by atoms with Gasteiger partial charge >= 0.3 is 0 Å². The maximum atomic E-state index is 12.1. The number of piperidine rings is 1. The Kier molecular flexibility index (Phi) is 9.58. The topological polar surface area (TPSA) is 75.1 Å². The molecule has 1 aromatic heterocycles. The van der Waals surface area contributed by atoms with E-state index < -0.39 is 0 Å². The van der Waals surface area contributed by atoms with Crippen molar-refractivity contribution < 1.29 is 4.79 Å². The Bertz CT molecular complexity index is 486. The molecule has 9 heteroatoms. The predicted octanol–water partition coefficient (Wildman–Crippen LogP) is 1.26. The zero-order valence-corrected chi connectivity index (χ0v) is 15.6. The molecule has 24 heavy (non-hydrogen) atoms. The van der Waals surface area contributed by atoms with Gasteiger partial charge in [-0.15, -0.1) is 29.9 Å². The number of halogens is 2. The molecule has 1 amide bonds. The largest absolute Gasteiger partial charge is 0.351 e. The molecule has 3 heterocycles. The summed E-state index contributed by atoms with van der Waals surface area (Å²) in [6.07, 6.45) is 7.48. The summed E-state index contributed by atoms with van der Waals surface area (Å²) < 4.78 is 1.85. The minimum atomic E-state index is -0.110. The van der Waals surface area contributed by atoms with E-state index in [1.165, 1.54) is 25.9 Å². The number of hydrogen-bond donors (Lipinski definition) is 2. The highest BCUT2D eigenvalue weighted by atomic mass is 35.5. The molecule has 138 valence electrons. The van der Waals surface area contributed by atoms with Crippen LogP contribution in [0.5, 0.6) is 0 Å². The summed E-state index contributed by atoms with van der Waals surface area (Å²) in [4.78, 5) is 14.5. The Morgan fingerprint density at radius 1 is 1.25 bits per heavy atom. The van der Waals surface area contributed by atoms with Gasteiger partial charge in [-0.3, -0.25) is 4.79 Å². The molecule has 0 atom stereocenters. The number of carbonyl (C=O) groups excluding carboxylic acids is 1. The summed E-state index contributed by atoms with van der Waals surface area (Å²) in [5.41, 5.74) is 0.430. The van der Waals surface area contributed by atoms with Gasteiger partial charge in [-0.05, 0) is 64.8 Å². The van der Waals surface area contributed by atoms with E-state index in [-0.39, 0.29) is 30.7 Å². The van der Waals surface area contributed by atoms with Crippen LogP contribution < -0.4 is 10.6 Å². The molecule has 1 aromatic rings. The summed E-state index contributed by atoms with van der Waals surface area (Å²) in [7, 11) is 0. The summed E-state index contributed by atoms with van der Waals surface area (Å²) in [5.74, 6) is -0.110. The van der Waals surface area contributed by atoms with Gasteiger partial charge in [0.1, 0.15) is 0 Å². The van der Waals surface area contributed by atoms with Gasteiger partial charge in [0, 0.05) is 6.54 Å². The number of amides is 1. The quantitative estimate of drug-likeness (QED) is 0.728. The summed E-state index contributed by atoms with van der Waals surface area (Å²) in [5, 5.41) is 14.4. The Labute approximate surface area is 155 Å². The fraction of sp³-hybridized carbons (Fsp3) is 0.800. The van der Waals surface area contributed by atoms with Crippen LogP contribution in [0.3, 0.4) is 0 Å². The molecular formula is C15H28Cl2N6O. The maximum absolute atomic E-state index is 12.1. The second-order valence-corrected chi connectivity index (χ2v) is 6.22. The first kappa shape index (κ1) is 21.2. The third-order valence-corrected chi connectivity index (χ3v) is 4.56. The van der Waals surface area contributed by atoms with Gasteiger partial charge < -0.3 is 15.5 Å². The minimum Gasteiger partial charge on any atom is -0.351 e. The molecule has 0 saturated carbocycles. The van der Waals surface area contributed by atoms with E-state index in [1.807, 2.05) is 4.68 Å². The van der Waals surface area contributed by atoms with Gasteiger partial charge in [0.15, 0.2) is 5.69 Å². The van der Waals surface area contributed by atoms with E-state index >= 15 is 0 Å². The van der Waals surface area contributed by atoms with E-state index in [4.69, 9.17) is 0 Å². The molecule has 2 aliphatic rings. The SMILES string of the molecule is Cl.Cl.O=C(NCCCN1CCCC1)c1cn(C2CCNCC2)nn1. The Morgan fingerprint density at radius 2 is 1.96 bits per heavy atom. The molecule has 0 spiro atoms. The monoisotopic (exact) mass is 378 g/mol. The third-order valence-electron chi connectivity index (χ3n) is 4.56. The van der Waals surface area contributed by atoms with Gasteiger partial charge in [-0.1, -0.05) is 5.21 Å². The zero-order chi connectivity index (χ0) is 15.2. The second-order valence-electron chi connectivity index (χ2n) is 6.22. The van der Waals surface area contributed by atoms with Crippen molar-refractivity contribution >= 4 is 30.7 Å². The fourth-order valence-electron chi connectivity index (χ4n) is 3.23. The minimum absolute atomic E-state index is 0. The third kappa shape index (κ3) is 5.88. The van der Waals surface area contributed by atoms with Gasteiger partial charge in [0.05, 0.1) is 12.2 Å². The lowest BCUT2D eigenvalue weighted by Gasteiger charge is -2.22. The van der Waals surface area contributed by atoms with Crippen LogP contribution in [0, 0.1) is 0 Å². The van der Waals surface area contributed by atoms with E-state index in [0.29, 0.717) is 18.3 Å². The van der Waals surface area contributed by atoms with Gasteiger partial charge in [-0.25, -0.2) is 4.68 Å². The van der Waals surface area contributed by atoms with Crippen molar-refractivity contribution in [3.05, 3.63) is 11.9 Å². The first-order valence-corrected chi connectivity index (χ1v) is 8.46. The number of nitrogens with one attached hydrogen (secondary N) is 2. The highest BCUT2D eigenvalue weighted by molar-refractivity contribution is 5.91. The van der Waals surface area contributed by atoms with Crippen molar-refractivity contribution in [3.8, 4) is 0 Å². The Balaban J connectivity index is 0.00000144. The van der Waals surface area contributed by atoms with Crippen LogP contribution in [0.2, 0.25) is 0 Å². The normalized spacial score (nSPS) is 18.7. The lowest BCUT2D eigenvalue weighted by atomic mass is 10.1. The fourth-order valence-corrected chi connectivity index (χ4v) is 3.23. The molecule has 0 unspecified atom stereocenters. The van der Waals surface area contributed by atoms with Crippen molar-refractivity contribution in [1.29, 1.82) is 0 Å². The highest BCUT2D eigenvalue weighted by Gasteiger charge is 2.18. The standard InChI is InChI=1S/C15H26N6O.2ClH/c22-15(17-6-3-11-20-9-1-2-10-20)14-12-21(19-18-14)13-4-7-16-8-5-13;;/h12-13,16H,1-11H2,(H,17,22);2*1H. The van der Waals surface area contributed by atoms with Crippen LogP contribution >= 0.6 is 24.8 Å². The Morgan fingerprint density at radius 3 is 2.67 bits per heavy atom. The molecule has 2 fully saturated rings. The van der Waals surface area contributed by atoms with Crippen molar-refractivity contribution in [2.45, 2.75) is 38.1 Å². The zero-order valence-electron chi connectivity index (χ0n) is 13.9. The van der Waals surface area contributed by atoms with Gasteiger partial charge in [0.2, 0.25) is 0 Å². The number of carbonyl (C=O) groups is 1. The smallest absolute Gasteiger partial charge is 0.273 e. The lowest BCUT2D eigenvalue weighted by molar-refractivity contribution is 0.0947. The van der Waals surface area contributed by atoms with Gasteiger partial charge in [-0.2, -0.15) is 0 Å². The summed E-state index contributed by atoms with van der Waals surface area (Å²) in [6.45, 7) is 6.19. The van der Waals surface area contributed by atoms with Crippen molar-refractivity contribution in [2.75, 3.05) is 39.3 Å². The molecule has 0 aromatic carbocycles. The number of hydrogen-bond acceptors (Lipinski definition) is 5. The van der Waals surface area contributed by atoms with Crippen molar-refractivity contribution in [3.63, 3.8) is 0 Å². The van der Waals surface area contributed by atoms with Crippen molar-refractivity contribution in [2.24, 2.45) is 0 Å². The number of nitrogens with zero attached hydrogens (tertiary/aromatic N) is 4. The summed E-state index contributed by atoms with van der Waals surface area (Å²) >= 11 is 0. The van der Waals surface area contributed by atoms with Crippen LogP contribution in [0.25, 0.3) is 0 Å². The van der Waals surface area contributed by atoms with Crippen LogP contribution in [0.1, 0.15) is 48.6 Å². The molecule has 0 bridgehead atoms. The second kappa shape index (κ2) is 10.9. The predicted molar refractivity (Wildman–Crippen MR) is 98.3 cm³/mol. The molecule has 0 aliphatic carbocycles. The number of rotatable bonds is 6. The average molecular weight is 379 g/mol. The van der Waals surface area contributed by atoms with E-state index in [1.54, 1.807) is 6.20 Å². The molecule has 7 nitrogen and oxygen atoms in total. The molecule has 3 rings (SSSR count). The lowest BCUT2D eigenvalue weighted by Crippen LogP contribution is -2.30. The average Bonchev–Trinajstić information content (AvgIpc) is 3.24. The van der Waals surface area contributed by atoms with Crippen LogP contribution in [0.4, 0.5) is 0 Å². The molecular weight excluding hydrogens is 351 g/mol.